The molecule has 0 atom stereocenters. The smallest absolute Gasteiger partial charge is 0.322 e. The van der Waals surface area contributed by atoms with Gasteiger partial charge >= 0.3 is 6.01 Å². The molecule has 1 fully saturated rings. The van der Waals surface area contributed by atoms with E-state index in [4.69, 9.17) is 4.42 Å². The average molecular weight is 469 g/mol. The maximum Gasteiger partial charge on any atom is 0.322 e. The van der Waals surface area contributed by atoms with Crippen LogP contribution in [0.3, 0.4) is 0 Å². The number of aromatic nitrogens is 5. The third kappa shape index (κ3) is 5.46. The molecule has 1 aromatic carbocycles. The number of rotatable bonds is 7. The fraction of sp³-hybridized carbons (Fsp3) is 0.542. The molecular weight excluding hydrogens is 436 g/mol. The zero-order valence-electron chi connectivity index (χ0n) is 20.0. The second-order valence-electron chi connectivity index (χ2n) is 9.88. The highest BCUT2D eigenvalue weighted by molar-refractivity contribution is 7.99. The van der Waals surface area contributed by atoms with Crippen LogP contribution in [-0.2, 0) is 10.2 Å². The monoisotopic (exact) mass is 468 g/mol. The van der Waals surface area contributed by atoms with Crippen LogP contribution in [0.5, 0.6) is 0 Å². The van der Waals surface area contributed by atoms with E-state index >= 15 is 0 Å². The van der Waals surface area contributed by atoms with Crippen LogP contribution in [0.15, 0.2) is 33.8 Å². The van der Waals surface area contributed by atoms with Crippen molar-refractivity contribution >= 4 is 23.7 Å². The predicted molar refractivity (Wildman–Crippen MR) is 129 cm³/mol. The van der Waals surface area contributed by atoms with E-state index in [1.807, 2.05) is 13.8 Å². The van der Waals surface area contributed by atoms with Gasteiger partial charge in [-0.3, -0.25) is 14.7 Å². The van der Waals surface area contributed by atoms with Crippen molar-refractivity contribution in [2.45, 2.75) is 82.8 Å². The molecule has 33 heavy (non-hydrogen) atoms. The SMILES string of the molecule is CC(C)c1nnc(NC(=O)CSc2nnc(-c3ccc(C(C)(C)C)cc3)n2C2CCCC2)o1. The van der Waals surface area contributed by atoms with Gasteiger partial charge in [-0.1, -0.05) is 88.6 Å². The molecule has 0 unspecified atom stereocenters. The largest absolute Gasteiger partial charge is 0.408 e. The van der Waals surface area contributed by atoms with Crippen LogP contribution in [0.25, 0.3) is 11.4 Å². The number of amides is 1. The summed E-state index contributed by atoms with van der Waals surface area (Å²) >= 11 is 1.38. The molecule has 1 amide bonds. The van der Waals surface area contributed by atoms with Crippen LogP contribution >= 0.6 is 11.8 Å². The van der Waals surface area contributed by atoms with E-state index in [9.17, 15) is 4.79 Å². The molecule has 0 saturated heterocycles. The summed E-state index contributed by atoms with van der Waals surface area (Å²) in [6, 6.07) is 9.06. The molecule has 0 spiro atoms. The van der Waals surface area contributed by atoms with Gasteiger partial charge in [0.1, 0.15) is 0 Å². The van der Waals surface area contributed by atoms with E-state index in [0.717, 1.165) is 29.4 Å². The molecule has 0 radical (unpaired) electrons. The highest BCUT2D eigenvalue weighted by Gasteiger charge is 2.26. The van der Waals surface area contributed by atoms with Crippen LogP contribution in [-0.4, -0.2) is 36.6 Å². The van der Waals surface area contributed by atoms with E-state index in [0.29, 0.717) is 11.9 Å². The third-order valence-corrected chi connectivity index (χ3v) is 6.82. The van der Waals surface area contributed by atoms with Gasteiger partial charge in [0.25, 0.3) is 0 Å². The Morgan fingerprint density at radius 1 is 1.12 bits per heavy atom. The van der Waals surface area contributed by atoms with Gasteiger partial charge in [0.15, 0.2) is 11.0 Å². The summed E-state index contributed by atoms with van der Waals surface area (Å²) < 4.78 is 7.69. The highest BCUT2D eigenvalue weighted by atomic mass is 32.2. The molecule has 3 aromatic rings. The van der Waals surface area contributed by atoms with Crippen LogP contribution in [0, 0.1) is 0 Å². The number of carbonyl (C=O) groups excluding carboxylic acids is 1. The standard InChI is InChI=1S/C24H32N6O2S/c1-15(2)21-27-28-22(32-21)25-19(31)14-33-23-29-26-20(30(23)18-8-6-7-9-18)16-10-12-17(13-11-16)24(3,4)5/h10-13,15,18H,6-9,14H2,1-5H3,(H,25,28,31). The number of carbonyl (C=O) groups is 1. The van der Waals surface area contributed by atoms with Crippen LogP contribution in [0.2, 0.25) is 0 Å². The molecule has 0 bridgehead atoms. The summed E-state index contributed by atoms with van der Waals surface area (Å²) in [6.45, 7) is 10.5. The molecule has 176 valence electrons. The van der Waals surface area contributed by atoms with E-state index in [-0.39, 0.29) is 29.0 Å². The summed E-state index contributed by atoms with van der Waals surface area (Å²) in [5.41, 5.74) is 2.43. The lowest BCUT2D eigenvalue weighted by atomic mass is 9.86. The van der Waals surface area contributed by atoms with Gasteiger partial charge in [0.05, 0.1) is 5.75 Å². The average Bonchev–Trinajstić information content (AvgIpc) is 3.52. The van der Waals surface area contributed by atoms with Gasteiger partial charge in [0.2, 0.25) is 11.8 Å². The normalized spacial score (nSPS) is 14.8. The molecule has 1 N–H and O–H groups in total. The minimum absolute atomic E-state index is 0.0976. The minimum atomic E-state index is -0.212. The lowest BCUT2D eigenvalue weighted by Gasteiger charge is -2.20. The van der Waals surface area contributed by atoms with E-state index in [1.165, 1.54) is 30.2 Å². The fourth-order valence-electron chi connectivity index (χ4n) is 3.99. The Bertz CT molecular complexity index is 1090. The molecular formula is C24H32N6O2S. The zero-order chi connectivity index (χ0) is 23.6. The van der Waals surface area contributed by atoms with Crippen LogP contribution < -0.4 is 5.32 Å². The van der Waals surface area contributed by atoms with Crippen molar-refractivity contribution in [3.63, 3.8) is 0 Å². The maximum absolute atomic E-state index is 12.5. The summed E-state index contributed by atoms with van der Waals surface area (Å²) in [5.74, 6) is 1.45. The van der Waals surface area contributed by atoms with E-state index < -0.39 is 0 Å². The molecule has 1 aliphatic rings. The lowest BCUT2D eigenvalue weighted by molar-refractivity contribution is -0.113. The Morgan fingerprint density at radius 2 is 1.82 bits per heavy atom. The summed E-state index contributed by atoms with van der Waals surface area (Å²) in [4.78, 5) is 12.5. The second kappa shape index (κ2) is 9.67. The molecule has 2 heterocycles. The number of anilines is 1. The summed E-state index contributed by atoms with van der Waals surface area (Å²) in [5, 5.41) is 20.3. The van der Waals surface area contributed by atoms with Crippen molar-refractivity contribution in [3.05, 3.63) is 35.7 Å². The molecule has 8 nitrogen and oxygen atoms in total. The van der Waals surface area contributed by atoms with Gasteiger partial charge in [-0.2, -0.15) is 0 Å². The molecule has 1 aliphatic carbocycles. The van der Waals surface area contributed by atoms with Gasteiger partial charge in [-0.25, -0.2) is 0 Å². The highest BCUT2D eigenvalue weighted by Crippen LogP contribution is 2.37. The van der Waals surface area contributed by atoms with Gasteiger partial charge in [-0.05, 0) is 23.8 Å². The minimum Gasteiger partial charge on any atom is -0.408 e. The van der Waals surface area contributed by atoms with Gasteiger partial charge < -0.3 is 4.42 Å². The topological polar surface area (TPSA) is 98.7 Å². The third-order valence-electron chi connectivity index (χ3n) is 5.88. The van der Waals surface area contributed by atoms with Crippen molar-refractivity contribution < 1.29 is 9.21 Å². The molecule has 2 aromatic heterocycles. The quantitative estimate of drug-likeness (QED) is 0.451. The number of hydrogen-bond donors (Lipinski definition) is 1. The number of thioether (sulfide) groups is 1. The Balaban J connectivity index is 1.51. The van der Waals surface area contributed by atoms with Gasteiger partial charge in [-0.15, -0.1) is 15.3 Å². The molecule has 4 rings (SSSR count). The predicted octanol–water partition coefficient (Wildman–Crippen LogP) is 5.59. The first kappa shape index (κ1) is 23.5. The Morgan fingerprint density at radius 3 is 2.42 bits per heavy atom. The number of benzene rings is 1. The summed E-state index contributed by atoms with van der Waals surface area (Å²) in [7, 11) is 0. The molecule has 9 heteroatoms. The first-order chi connectivity index (χ1) is 15.7. The second-order valence-corrected chi connectivity index (χ2v) is 10.8. The van der Waals surface area contributed by atoms with Crippen LogP contribution in [0.1, 0.15) is 83.7 Å². The van der Waals surface area contributed by atoms with Crippen molar-refractivity contribution in [3.8, 4) is 11.4 Å². The van der Waals surface area contributed by atoms with E-state index in [2.05, 4.69) is 75.3 Å². The van der Waals surface area contributed by atoms with Crippen molar-refractivity contribution in [1.82, 2.24) is 25.0 Å². The zero-order valence-corrected chi connectivity index (χ0v) is 20.8. The molecule has 1 saturated carbocycles. The van der Waals surface area contributed by atoms with Crippen molar-refractivity contribution in [2.24, 2.45) is 0 Å². The maximum atomic E-state index is 12.5. The van der Waals surface area contributed by atoms with E-state index in [1.54, 1.807) is 0 Å². The summed E-state index contributed by atoms with van der Waals surface area (Å²) in [6.07, 6.45) is 4.60. The van der Waals surface area contributed by atoms with Crippen molar-refractivity contribution in [2.75, 3.05) is 11.1 Å². The van der Waals surface area contributed by atoms with Gasteiger partial charge in [0, 0.05) is 17.5 Å². The lowest BCUT2D eigenvalue weighted by Crippen LogP contribution is -2.15. The van der Waals surface area contributed by atoms with Crippen molar-refractivity contribution in [1.29, 1.82) is 0 Å². The Hall–Kier alpha value is -2.68. The fourth-order valence-corrected chi connectivity index (χ4v) is 4.79. The Labute approximate surface area is 199 Å². The first-order valence-electron chi connectivity index (χ1n) is 11.5. The number of hydrogen-bond acceptors (Lipinski definition) is 7. The van der Waals surface area contributed by atoms with Crippen LogP contribution in [0.4, 0.5) is 6.01 Å². The first-order valence-corrected chi connectivity index (χ1v) is 12.5. The molecule has 0 aliphatic heterocycles. The number of nitrogens with one attached hydrogen (secondary N) is 1. The Kier molecular flexibility index (Phi) is 6.88. The number of nitrogens with zero attached hydrogens (tertiary/aromatic N) is 5.